The lowest BCUT2D eigenvalue weighted by Crippen LogP contribution is -2.46. The third-order valence-electron chi connectivity index (χ3n) is 3.03. The van der Waals surface area contributed by atoms with Gasteiger partial charge in [0.1, 0.15) is 0 Å². The highest BCUT2D eigenvalue weighted by molar-refractivity contribution is 6.42. The zero-order chi connectivity index (χ0) is 16.5. The zero-order valence-electron chi connectivity index (χ0n) is 14.2. The van der Waals surface area contributed by atoms with Crippen molar-refractivity contribution < 1.29 is 4.74 Å². The molecule has 0 atom stereocenters. The Labute approximate surface area is 140 Å². The van der Waals surface area contributed by atoms with Crippen LogP contribution < -0.4 is 0 Å². The number of hydrogen-bond donors (Lipinski definition) is 0. The van der Waals surface area contributed by atoms with E-state index in [1.165, 1.54) is 0 Å². The maximum absolute atomic E-state index is 5.86. The van der Waals surface area contributed by atoms with Gasteiger partial charge < -0.3 is 9.64 Å². The van der Waals surface area contributed by atoms with Crippen molar-refractivity contribution >= 4 is 23.2 Å². The Morgan fingerprint density at radius 1 is 1.24 bits per heavy atom. The van der Waals surface area contributed by atoms with Gasteiger partial charge in [-0.15, -0.1) is 0 Å². The molecule has 2 nitrogen and oxygen atoms in total. The fourth-order valence-electron chi connectivity index (χ4n) is 2.07. The molecule has 0 spiro atoms. The van der Waals surface area contributed by atoms with Gasteiger partial charge in [-0.25, -0.2) is 0 Å². The first kappa shape index (κ1) is 20.7. The minimum absolute atomic E-state index is 0.0764. The van der Waals surface area contributed by atoms with Gasteiger partial charge in [0, 0.05) is 13.1 Å². The van der Waals surface area contributed by atoms with Gasteiger partial charge in [-0.1, -0.05) is 56.1 Å². The normalized spacial score (nSPS) is 17.1. The van der Waals surface area contributed by atoms with E-state index >= 15 is 0 Å². The summed E-state index contributed by atoms with van der Waals surface area (Å²) in [5, 5.41) is 1.33. The molecule has 1 aromatic carbocycles. The number of ether oxygens (including phenoxy) is 1. The topological polar surface area (TPSA) is 12.5 Å². The van der Waals surface area contributed by atoms with Crippen LogP contribution in [0.5, 0.6) is 0 Å². The molecule has 1 aromatic rings. The maximum Gasteiger partial charge on any atom is 0.0753 e. The highest BCUT2D eigenvalue weighted by atomic mass is 35.5. The molecule has 0 unspecified atom stereocenters. The predicted molar refractivity (Wildman–Crippen MR) is 94.7 cm³/mol. The quantitative estimate of drug-likeness (QED) is 0.690. The number of nitrogens with zero attached hydrogens (tertiary/aromatic N) is 1. The molecule has 4 heteroatoms. The van der Waals surface area contributed by atoms with E-state index in [1.807, 2.05) is 26.0 Å². The molecule has 0 aliphatic carbocycles. The molecule has 1 aliphatic rings. The molecule has 1 heterocycles. The fraction of sp³-hybridized carbons (Fsp3) is 0.647. The molecule has 1 saturated heterocycles. The first-order chi connectivity index (χ1) is 9.85. The van der Waals surface area contributed by atoms with Crippen LogP contribution in [0, 0.1) is 0 Å². The van der Waals surface area contributed by atoms with Crippen LogP contribution in [0.4, 0.5) is 0 Å². The summed E-state index contributed by atoms with van der Waals surface area (Å²) < 4.78 is 5.49. The molecule has 1 fully saturated rings. The van der Waals surface area contributed by atoms with Crippen molar-refractivity contribution in [2.45, 2.75) is 46.6 Å². The molecule has 0 N–H and O–H groups in total. The van der Waals surface area contributed by atoms with Crippen molar-refractivity contribution in [1.29, 1.82) is 0 Å². The van der Waals surface area contributed by atoms with Crippen LogP contribution in [-0.2, 0) is 11.2 Å². The summed E-state index contributed by atoms with van der Waals surface area (Å²) in [7, 11) is 2.13. The number of likely N-dealkylation sites (N-methyl/N-ethyl adjacent to an activating group) is 1. The SMILES string of the molecule is CC.CCc1cccc(Cl)c1Cl.CN1CCOC(C)(C)C1. The molecule has 21 heavy (non-hydrogen) atoms. The van der Waals surface area contributed by atoms with E-state index in [0.29, 0.717) is 10.0 Å². The van der Waals surface area contributed by atoms with Crippen molar-refractivity contribution in [2.75, 3.05) is 26.7 Å². The van der Waals surface area contributed by atoms with Crippen molar-refractivity contribution in [3.63, 3.8) is 0 Å². The minimum atomic E-state index is 0.0764. The molecule has 122 valence electrons. The van der Waals surface area contributed by atoms with Crippen LogP contribution in [0.2, 0.25) is 10.0 Å². The third-order valence-corrected chi connectivity index (χ3v) is 3.89. The van der Waals surface area contributed by atoms with E-state index in [4.69, 9.17) is 27.9 Å². The van der Waals surface area contributed by atoms with Gasteiger partial charge in [0.25, 0.3) is 0 Å². The van der Waals surface area contributed by atoms with Gasteiger partial charge >= 0.3 is 0 Å². The van der Waals surface area contributed by atoms with Crippen molar-refractivity contribution in [2.24, 2.45) is 0 Å². The molecular weight excluding hydrogens is 305 g/mol. The van der Waals surface area contributed by atoms with Crippen molar-refractivity contribution in [3.05, 3.63) is 33.8 Å². The average Bonchev–Trinajstić information content (AvgIpc) is 2.43. The highest BCUT2D eigenvalue weighted by Crippen LogP contribution is 2.25. The first-order valence-electron chi connectivity index (χ1n) is 7.61. The summed E-state index contributed by atoms with van der Waals surface area (Å²) in [6.07, 6.45) is 0.930. The van der Waals surface area contributed by atoms with Gasteiger partial charge in [-0.2, -0.15) is 0 Å². The van der Waals surface area contributed by atoms with Gasteiger partial charge in [0.2, 0.25) is 0 Å². The average molecular weight is 334 g/mol. The standard InChI is InChI=1S/C8H8Cl2.C7H15NO.C2H6/c1-2-6-4-3-5-7(9)8(6)10;1-7(2)6-8(3)4-5-9-7;1-2/h3-5H,2H2,1H3;4-6H2,1-3H3;1-2H3. The lowest BCUT2D eigenvalue weighted by Gasteiger charge is -2.35. The summed E-state index contributed by atoms with van der Waals surface area (Å²) in [6.45, 7) is 13.3. The summed E-state index contributed by atoms with van der Waals surface area (Å²) >= 11 is 11.6. The van der Waals surface area contributed by atoms with Crippen molar-refractivity contribution in [1.82, 2.24) is 4.90 Å². The molecule has 0 aromatic heterocycles. The number of benzene rings is 1. The van der Waals surface area contributed by atoms with E-state index in [-0.39, 0.29) is 5.60 Å². The first-order valence-corrected chi connectivity index (χ1v) is 8.36. The Hall–Kier alpha value is -0.280. The Morgan fingerprint density at radius 2 is 1.86 bits per heavy atom. The summed E-state index contributed by atoms with van der Waals surface area (Å²) in [5.74, 6) is 0. The number of hydrogen-bond acceptors (Lipinski definition) is 2. The largest absolute Gasteiger partial charge is 0.373 e. The number of morpholine rings is 1. The summed E-state index contributed by atoms with van der Waals surface area (Å²) in [5.41, 5.74) is 1.18. The maximum atomic E-state index is 5.86. The second-order valence-corrected chi connectivity index (χ2v) is 6.20. The van der Waals surface area contributed by atoms with Gasteiger partial charge in [-0.05, 0) is 38.9 Å². The molecule has 2 rings (SSSR count). The van der Waals surface area contributed by atoms with Crippen LogP contribution >= 0.6 is 23.2 Å². The predicted octanol–water partition coefficient (Wildman–Crippen LogP) is 5.31. The Kier molecular flexibility index (Phi) is 10.3. The third kappa shape index (κ3) is 8.06. The zero-order valence-corrected chi connectivity index (χ0v) is 15.7. The smallest absolute Gasteiger partial charge is 0.0753 e. The van der Waals surface area contributed by atoms with Crippen LogP contribution in [-0.4, -0.2) is 37.2 Å². The highest BCUT2D eigenvalue weighted by Gasteiger charge is 2.24. The Balaban J connectivity index is 0.000000342. The Morgan fingerprint density at radius 3 is 2.24 bits per heavy atom. The fourth-order valence-corrected chi connectivity index (χ4v) is 2.53. The number of aryl methyl sites for hydroxylation is 1. The number of rotatable bonds is 1. The minimum Gasteiger partial charge on any atom is -0.373 e. The van der Waals surface area contributed by atoms with E-state index in [1.54, 1.807) is 6.07 Å². The van der Waals surface area contributed by atoms with Crippen LogP contribution in [0.25, 0.3) is 0 Å². The molecular formula is C17H29Cl2NO. The Bertz CT molecular complexity index is 408. The molecule has 0 amide bonds. The van der Waals surface area contributed by atoms with Crippen LogP contribution in [0.1, 0.15) is 40.2 Å². The second-order valence-electron chi connectivity index (χ2n) is 5.41. The van der Waals surface area contributed by atoms with E-state index in [9.17, 15) is 0 Å². The van der Waals surface area contributed by atoms with Crippen LogP contribution in [0.3, 0.4) is 0 Å². The lowest BCUT2D eigenvalue weighted by molar-refractivity contribution is -0.0789. The van der Waals surface area contributed by atoms with Gasteiger partial charge in [0.05, 0.1) is 22.3 Å². The lowest BCUT2D eigenvalue weighted by atomic mass is 10.1. The van der Waals surface area contributed by atoms with E-state index in [2.05, 4.69) is 32.7 Å². The van der Waals surface area contributed by atoms with Crippen LogP contribution in [0.15, 0.2) is 18.2 Å². The van der Waals surface area contributed by atoms with E-state index in [0.717, 1.165) is 31.7 Å². The van der Waals surface area contributed by atoms with Gasteiger partial charge in [0.15, 0.2) is 0 Å². The monoisotopic (exact) mass is 333 g/mol. The molecule has 0 saturated carbocycles. The second kappa shape index (κ2) is 10.4. The molecule has 1 aliphatic heterocycles. The summed E-state index contributed by atoms with van der Waals surface area (Å²) in [6, 6.07) is 5.68. The van der Waals surface area contributed by atoms with Gasteiger partial charge in [-0.3, -0.25) is 0 Å². The summed E-state index contributed by atoms with van der Waals surface area (Å²) in [4.78, 5) is 2.30. The molecule has 0 bridgehead atoms. The molecule has 0 radical (unpaired) electrons. The number of halogens is 2. The van der Waals surface area contributed by atoms with Crippen molar-refractivity contribution in [3.8, 4) is 0 Å². The van der Waals surface area contributed by atoms with E-state index < -0.39 is 0 Å².